The van der Waals surface area contributed by atoms with Gasteiger partial charge in [0, 0.05) is 22.7 Å². The van der Waals surface area contributed by atoms with Gasteiger partial charge in [0.15, 0.2) is 5.11 Å². The molecule has 2 aromatic carbocycles. The van der Waals surface area contributed by atoms with Crippen LogP contribution in [0.25, 0.3) is 6.08 Å². The van der Waals surface area contributed by atoms with Crippen molar-refractivity contribution >= 4 is 62.6 Å². The molecular weight excluding hydrogens is 438 g/mol. The number of amides is 1. The lowest BCUT2D eigenvalue weighted by Gasteiger charge is -2.11. The van der Waals surface area contributed by atoms with E-state index in [1.807, 2.05) is 0 Å². The van der Waals surface area contributed by atoms with Gasteiger partial charge in [-0.2, -0.15) is 0 Å². The van der Waals surface area contributed by atoms with E-state index in [2.05, 4.69) is 26.6 Å². The van der Waals surface area contributed by atoms with Gasteiger partial charge in [-0.15, -0.1) is 0 Å². The molecule has 2 aromatic rings. The van der Waals surface area contributed by atoms with E-state index in [-0.39, 0.29) is 22.1 Å². The summed E-state index contributed by atoms with van der Waals surface area (Å²) in [5.41, 5.74) is 0.581. The average molecular weight is 450 g/mol. The molecule has 10 heteroatoms. The van der Waals surface area contributed by atoms with Gasteiger partial charge >= 0.3 is 5.97 Å². The van der Waals surface area contributed by atoms with E-state index in [1.54, 1.807) is 12.1 Å². The van der Waals surface area contributed by atoms with Crippen molar-refractivity contribution < 1.29 is 19.6 Å². The topological polar surface area (TPSA) is 122 Å². The third kappa shape index (κ3) is 5.97. The highest BCUT2D eigenvalue weighted by molar-refractivity contribution is 9.10. The summed E-state index contributed by atoms with van der Waals surface area (Å²) in [5.74, 6) is -1.73. The molecular formula is C17H12BrN3O5S. The van der Waals surface area contributed by atoms with Gasteiger partial charge in [-0.3, -0.25) is 20.2 Å². The van der Waals surface area contributed by atoms with Crippen LogP contribution in [0.3, 0.4) is 0 Å². The monoisotopic (exact) mass is 449 g/mol. The van der Waals surface area contributed by atoms with Gasteiger partial charge in [-0.25, -0.2) is 4.79 Å². The first-order chi connectivity index (χ1) is 12.8. The Labute approximate surface area is 167 Å². The van der Waals surface area contributed by atoms with Crippen LogP contribution in [0.4, 0.5) is 11.4 Å². The second-order valence-corrected chi connectivity index (χ2v) is 6.45. The van der Waals surface area contributed by atoms with Gasteiger partial charge in [-0.1, -0.05) is 28.1 Å². The van der Waals surface area contributed by atoms with Crippen molar-refractivity contribution in [1.29, 1.82) is 0 Å². The Balaban J connectivity index is 2.02. The van der Waals surface area contributed by atoms with E-state index >= 15 is 0 Å². The molecule has 0 heterocycles. The van der Waals surface area contributed by atoms with Crippen molar-refractivity contribution in [3.05, 3.63) is 74.3 Å². The summed E-state index contributed by atoms with van der Waals surface area (Å²) in [6.07, 6.45) is 2.56. The van der Waals surface area contributed by atoms with Crippen LogP contribution in [0.1, 0.15) is 15.9 Å². The van der Waals surface area contributed by atoms with Crippen molar-refractivity contribution in [2.45, 2.75) is 0 Å². The molecule has 0 aromatic heterocycles. The number of hydrogen-bond donors (Lipinski definition) is 3. The second kappa shape index (κ2) is 9.01. The summed E-state index contributed by atoms with van der Waals surface area (Å²) >= 11 is 8.19. The zero-order chi connectivity index (χ0) is 20.0. The minimum Gasteiger partial charge on any atom is -0.478 e. The average Bonchev–Trinajstić information content (AvgIpc) is 2.61. The molecule has 1 amide bonds. The molecule has 0 aliphatic heterocycles. The quantitative estimate of drug-likeness (QED) is 0.276. The number of halogens is 1. The van der Waals surface area contributed by atoms with Crippen LogP contribution in [0.15, 0.2) is 53.0 Å². The number of carbonyl (C=O) groups excluding carboxylic acids is 1. The first kappa shape index (κ1) is 20.2. The lowest BCUT2D eigenvalue weighted by atomic mass is 10.2. The minimum absolute atomic E-state index is 0.0203. The van der Waals surface area contributed by atoms with Gasteiger partial charge in [0.25, 0.3) is 5.69 Å². The molecule has 8 nitrogen and oxygen atoms in total. The second-order valence-electron chi connectivity index (χ2n) is 5.12. The van der Waals surface area contributed by atoms with Gasteiger partial charge in [0.2, 0.25) is 5.91 Å². The van der Waals surface area contributed by atoms with Crippen molar-refractivity contribution in [2.75, 3.05) is 5.32 Å². The lowest BCUT2D eigenvalue weighted by molar-refractivity contribution is -0.384. The van der Waals surface area contributed by atoms with E-state index in [1.165, 1.54) is 36.4 Å². The van der Waals surface area contributed by atoms with E-state index in [9.17, 15) is 24.8 Å². The highest BCUT2D eigenvalue weighted by atomic mass is 79.9. The number of aromatic carboxylic acids is 1. The number of nitro benzene ring substituents is 1. The van der Waals surface area contributed by atoms with Crippen LogP contribution in [0.5, 0.6) is 0 Å². The maximum Gasteiger partial charge on any atom is 0.337 e. The number of nitrogens with one attached hydrogen (secondary N) is 2. The number of nitrogens with zero attached hydrogens (tertiary/aromatic N) is 1. The van der Waals surface area contributed by atoms with Gasteiger partial charge < -0.3 is 10.4 Å². The molecule has 0 fully saturated rings. The van der Waals surface area contributed by atoms with Crippen molar-refractivity contribution in [3.8, 4) is 0 Å². The molecule has 0 aliphatic carbocycles. The molecule has 138 valence electrons. The number of hydrogen-bond acceptors (Lipinski definition) is 5. The Hall–Kier alpha value is -3.11. The zero-order valence-corrected chi connectivity index (χ0v) is 15.9. The van der Waals surface area contributed by atoms with Crippen LogP contribution in [-0.2, 0) is 4.79 Å². The molecule has 27 heavy (non-hydrogen) atoms. The van der Waals surface area contributed by atoms with Gasteiger partial charge in [0.1, 0.15) is 0 Å². The molecule has 0 atom stereocenters. The predicted octanol–water partition coefficient (Wildman–Crippen LogP) is 3.58. The first-order valence-electron chi connectivity index (χ1n) is 7.33. The number of benzene rings is 2. The van der Waals surface area contributed by atoms with Crippen LogP contribution in [0, 0.1) is 10.1 Å². The van der Waals surface area contributed by atoms with Crippen LogP contribution < -0.4 is 10.6 Å². The standard InChI is InChI=1S/C17H12BrN3O5S/c18-11-5-6-14(13(9-11)16(23)24)19-17(27)20-15(22)7-4-10-2-1-3-12(8-10)21(25)26/h1-9H,(H,23,24)(H2,19,20,22,27). The molecule has 0 radical (unpaired) electrons. The normalized spacial score (nSPS) is 10.4. The number of carboxylic acids is 1. The van der Waals surface area contributed by atoms with E-state index in [4.69, 9.17) is 12.2 Å². The summed E-state index contributed by atoms with van der Waals surface area (Å²) in [7, 11) is 0. The lowest BCUT2D eigenvalue weighted by Crippen LogP contribution is -2.33. The maximum absolute atomic E-state index is 11.9. The Morgan fingerprint density at radius 2 is 1.96 bits per heavy atom. The van der Waals surface area contributed by atoms with E-state index < -0.39 is 16.8 Å². The van der Waals surface area contributed by atoms with Crippen molar-refractivity contribution in [3.63, 3.8) is 0 Å². The molecule has 2 rings (SSSR count). The molecule has 0 spiro atoms. The number of anilines is 1. The SMILES string of the molecule is O=C(C=Cc1cccc([N+](=O)[O-])c1)NC(=S)Nc1ccc(Br)cc1C(=O)O. The molecule has 3 N–H and O–H groups in total. The third-order valence-corrected chi connectivity index (χ3v) is 3.90. The largest absolute Gasteiger partial charge is 0.478 e. The molecule has 0 saturated carbocycles. The number of non-ortho nitro benzene ring substituents is 1. The maximum atomic E-state index is 11.9. The Kier molecular flexibility index (Phi) is 6.74. The number of carbonyl (C=O) groups is 2. The first-order valence-corrected chi connectivity index (χ1v) is 8.54. The van der Waals surface area contributed by atoms with E-state index in [0.717, 1.165) is 6.08 Å². The predicted molar refractivity (Wildman–Crippen MR) is 108 cm³/mol. The van der Waals surface area contributed by atoms with Gasteiger partial charge in [-0.05, 0) is 42.1 Å². The van der Waals surface area contributed by atoms with Crippen molar-refractivity contribution in [2.24, 2.45) is 0 Å². The zero-order valence-electron chi connectivity index (χ0n) is 13.5. The molecule has 0 unspecified atom stereocenters. The molecule has 0 bridgehead atoms. The fourth-order valence-corrected chi connectivity index (χ4v) is 2.60. The summed E-state index contributed by atoms with van der Waals surface area (Å²) in [5, 5.41) is 24.9. The molecule has 0 saturated heterocycles. The van der Waals surface area contributed by atoms with E-state index in [0.29, 0.717) is 10.0 Å². The Bertz CT molecular complexity index is 961. The molecule has 0 aliphatic rings. The third-order valence-electron chi connectivity index (χ3n) is 3.21. The number of rotatable bonds is 5. The van der Waals surface area contributed by atoms with Crippen LogP contribution in [-0.4, -0.2) is 27.0 Å². The fourth-order valence-electron chi connectivity index (χ4n) is 2.02. The Morgan fingerprint density at radius 3 is 2.63 bits per heavy atom. The summed E-state index contributed by atoms with van der Waals surface area (Å²) in [4.78, 5) is 33.4. The van der Waals surface area contributed by atoms with Gasteiger partial charge in [0.05, 0.1) is 16.2 Å². The smallest absolute Gasteiger partial charge is 0.337 e. The van der Waals surface area contributed by atoms with Crippen LogP contribution in [0.2, 0.25) is 0 Å². The highest BCUT2D eigenvalue weighted by Gasteiger charge is 2.12. The Morgan fingerprint density at radius 1 is 1.22 bits per heavy atom. The number of carboxylic acid groups (broad SMARTS) is 1. The number of thiocarbonyl (C=S) groups is 1. The number of nitro groups is 1. The van der Waals surface area contributed by atoms with Crippen molar-refractivity contribution in [1.82, 2.24) is 5.32 Å². The fraction of sp³-hybridized carbons (Fsp3) is 0. The van der Waals surface area contributed by atoms with Crippen LogP contribution >= 0.6 is 28.1 Å². The highest BCUT2D eigenvalue weighted by Crippen LogP contribution is 2.21. The minimum atomic E-state index is -1.15. The summed E-state index contributed by atoms with van der Waals surface area (Å²) < 4.78 is 0.584. The summed E-state index contributed by atoms with van der Waals surface area (Å²) in [6.45, 7) is 0. The summed E-state index contributed by atoms with van der Waals surface area (Å²) in [6, 6.07) is 10.3.